The number of carbonyl (C=O) groups is 4. The van der Waals surface area contributed by atoms with Gasteiger partial charge in [0, 0.05) is 80.0 Å². The van der Waals surface area contributed by atoms with Gasteiger partial charge in [0.25, 0.3) is 0 Å². The highest BCUT2D eigenvalue weighted by Gasteiger charge is 2.37. The summed E-state index contributed by atoms with van der Waals surface area (Å²) in [5, 5.41) is 6.68. The van der Waals surface area contributed by atoms with Gasteiger partial charge in [0.2, 0.25) is 11.8 Å². The average molecular weight is 865 g/mol. The maximum Gasteiger partial charge on any atom is 0.573 e. The van der Waals surface area contributed by atoms with Gasteiger partial charge in [-0.1, -0.05) is 66.2 Å². The third kappa shape index (κ3) is 10.9. The van der Waals surface area contributed by atoms with E-state index >= 15 is 0 Å². The fourth-order valence-electron chi connectivity index (χ4n) is 8.50. The Morgan fingerprint density at radius 3 is 2.24 bits per heavy atom. The number of urea groups is 1. The molecule has 62 heavy (non-hydrogen) atoms. The first kappa shape index (κ1) is 45.9. The van der Waals surface area contributed by atoms with E-state index in [2.05, 4.69) is 43.8 Å². The van der Waals surface area contributed by atoms with Crippen LogP contribution in [0.15, 0.2) is 48.5 Å². The van der Waals surface area contributed by atoms with Crippen LogP contribution in [0, 0.1) is 11.3 Å². The molecular formula is C45H59F3N8O6. The Bertz CT molecular complexity index is 2240. The number of anilines is 1. The highest BCUT2D eigenvalue weighted by molar-refractivity contribution is 6.05. The Morgan fingerprint density at radius 2 is 1.60 bits per heavy atom. The number of methoxy groups -OCH3 is 1. The smallest absolute Gasteiger partial charge is 0.453 e. The van der Waals surface area contributed by atoms with Gasteiger partial charge in [-0.2, -0.15) is 0 Å². The molecule has 0 spiro atoms. The van der Waals surface area contributed by atoms with Crippen molar-refractivity contribution in [3.63, 3.8) is 0 Å². The van der Waals surface area contributed by atoms with Gasteiger partial charge >= 0.3 is 18.5 Å². The zero-order chi connectivity index (χ0) is 44.9. The molecule has 0 aliphatic carbocycles. The molecule has 0 radical (unpaired) electrons. The predicted octanol–water partition coefficient (Wildman–Crippen LogP) is 8.15. The molecule has 2 unspecified atom stereocenters. The minimum atomic E-state index is -4.99. The van der Waals surface area contributed by atoms with E-state index in [1.165, 1.54) is 25.7 Å². The van der Waals surface area contributed by atoms with Crippen LogP contribution in [0.25, 0.3) is 32.9 Å². The Balaban J connectivity index is 0.00000208. The summed E-state index contributed by atoms with van der Waals surface area (Å²) in [7, 11) is 1.23. The number of nitrogens with zero attached hydrogens (tertiary/aromatic N) is 5. The van der Waals surface area contributed by atoms with Crippen LogP contribution in [-0.2, 0) is 14.3 Å². The first-order valence-corrected chi connectivity index (χ1v) is 21.4. The predicted molar refractivity (Wildman–Crippen MR) is 232 cm³/mol. The van der Waals surface area contributed by atoms with Crippen LogP contribution in [0.3, 0.4) is 0 Å². The van der Waals surface area contributed by atoms with E-state index < -0.39 is 29.7 Å². The number of piperidine rings is 1. The summed E-state index contributed by atoms with van der Waals surface area (Å²) in [5.74, 6) is 0.231. The number of likely N-dealkylation sites (tertiary alicyclic amines) is 2. The number of halogens is 3. The zero-order valence-corrected chi connectivity index (χ0v) is 36.7. The fourth-order valence-corrected chi connectivity index (χ4v) is 8.50. The highest BCUT2D eigenvalue weighted by Crippen LogP contribution is 2.40. The van der Waals surface area contributed by atoms with Crippen molar-refractivity contribution in [2.24, 2.45) is 11.3 Å². The third-order valence-corrected chi connectivity index (χ3v) is 11.5. The van der Waals surface area contributed by atoms with Crippen LogP contribution >= 0.6 is 0 Å². The van der Waals surface area contributed by atoms with Gasteiger partial charge in [-0.05, 0) is 60.4 Å². The van der Waals surface area contributed by atoms with Gasteiger partial charge < -0.3 is 39.8 Å². The summed E-state index contributed by atoms with van der Waals surface area (Å²) in [5.41, 5.74) is 1.78. The number of ether oxygens (including phenoxy) is 2. The molecule has 14 nitrogen and oxygen atoms in total. The van der Waals surface area contributed by atoms with E-state index in [0.717, 1.165) is 29.1 Å². The van der Waals surface area contributed by atoms with Crippen LogP contribution in [0.5, 0.6) is 5.75 Å². The molecule has 3 aliphatic rings. The second-order valence-electron chi connectivity index (χ2n) is 17.5. The number of amides is 5. The number of piperazine rings is 1. The Kier molecular flexibility index (Phi) is 14.2. The molecule has 0 bridgehead atoms. The topological polar surface area (TPSA) is 152 Å². The number of alkyl halides is 3. The molecule has 3 aromatic carbocycles. The summed E-state index contributed by atoms with van der Waals surface area (Å²) in [6.07, 6.45) is -2.02. The van der Waals surface area contributed by atoms with Gasteiger partial charge in [-0.25, -0.2) is 14.6 Å². The van der Waals surface area contributed by atoms with Gasteiger partial charge in [0.1, 0.15) is 18.1 Å². The van der Waals surface area contributed by atoms with Crippen LogP contribution in [-0.4, -0.2) is 125 Å². The lowest BCUT2D eigenvalue weighted by Gasteiger charge is -2.43. The molecule has 3 fully saturated rings. The quantitative estimate of drug-likeness (QED) is 0.168. The zero-order valence-electron chi connectivity index (χ0n) is 36.7. The summed E-state index contributed by atoms with van der Waals surface area (Å²) < 4.78 is 50.4. The van der Waals surface area contributed by atoms with Gasteiger partial charge in [-0.15, -0.1) is 13.2 Å². The van der Waals surface area contributed by atoms with Crippen LogP contribution < -0.4 is 15.4 Å². The number of rotatable bonds is 7. The molecular weight excluding hydrogens is 806 g/mol. The molecule has 2 atom stereocenters. The largest absolute Gasteiger partial charge is 0.573 e. The second-order valence-corrected chi connectivity index (χ2v) is 17.5. The molecule has 7 rings (SSSR count). The average Bonchev–Trinajstić information content (AvgIpc) is 3.86. The minimum Gasteiger partial charge on any atom is -0.453 e. The van der Waals surface area contributed by atoms with E-state index in [9.17, 15) is 32.3 Å². The minimum absolute atomic E-state index is 0.157. The van der Waals surface area contributed by atoms with Crippen LogP contribution in [0.4, 0.5) is 28.4 Å². The van der Waals surface area contributed by atoms with Crippen molar-refractivity contribution in [1.29, 1.82) is 0 Å². The van der Waals surface area contributed by atoms with Crippen molar-refractivity contribution < 1.29 is 41.8 Å². The Labute approximate surface area is 360 Å². The second kappa shape index (κ2) is 19.2. The molecule has 336 valence electrons. The normalized spacial score (nSPS) is 19.0. The maximum atomic E-state index is 13.8. The molecule has 3 saturated heterocycles. The fraction of sp³-hybridized carbons (Fsp3) is 0.533. The van der Waals surface area contributed by atoms with E-state index in [1.54, 1.807) is 34.1 Å². The number of hydrogen-bond donors (Lipinski definition) is 3. The number of benzene rings is 3. The molecule has 4 heterocycles. The molecule has 3 N–H and O–H groups in total. The van der Waals surface area contributed by atoms with Gasteiger partial charge in [0.05, 0.1) is 24.2 Å². The van der Waals surface area contributed by atoms with Gasteiger partial charge in [-0.3, -0.25) is 14.5 Å². The van der Waals surface area contributed by atoms with E-state index in [0.29, 0.717) is 75.2 Å². The van der Waals surface area contributed by atoms with Crippen molar-refractivity contribution in [1.82, 2.24) is 34.9 Å². The maximum absolute atomic E-state index is 13.8. The molecule has 5 amide bonds. The third-order valence-electron chi connectivity index (χ3n) is 11.5. The van der Waals surface area contributed by atoms with Crippen molar-refractivity contribution in [3.05, 3.63) is 54.4 Å². The first-order chi connectivity index (χ1) is 29.4. The van der Waals surface area contributed by atoms with E-state index in [-0.39, 0.29) is 41.6 Å². The van der Waals surface area contributed by atoms with Crippen LogP contribution in [0.2, 0.25) is 0 Å². The number of aromatic nitrogens is 2. The molecule has 4 aromatic rings. The SMILES string of the molecule is CCC.COC(=O)NCC(=O)N1CC(C)CC1c1nc2c(ccc3cc(-c4ccc(NC(=O)N5CCN(C6CCN(C(=O)C(C)(C)C)CC6)CC5)cc4OC(F)(F)F)ccc32)[nH]1. The summed E-state index contributed by atoms with van der Waals surface area (Å²) in [6.45, 7) is 16.0. The highest BCUT2D eigenvalue weighted by atomic mass is 19.4. The molecule has 17 heteroatoms. The lowest BCUT2D eigenvalue weighted by molar-refractivity contribution is -0.274. The van der Waals surface area contributed by atoms with Crippen molar-refractivity contribution in [2.45, 2.75) is 85.7 Å². The number of hydrogen-bond acceptors (Lipinski definition) is 8. The summed E-state index contributed by atoms with van der Waals surface area (Å²) in [6, 6.07) is 12.8. The van der Waals surface area contributed by atoms with Crippen molar-refractivity contribution in [3.8, 4) is 16.9 Å². The lowest BCUT2D eigenvalue weighted by atomic mass is 9.92. The lowest BCUT2D eigenvalue weighted by Crippen LogP contribution is -2.56. The number of H-pyrrole nitrogens is 1. The standard InChI is InChI=1S/C42H51F3N8O6.C3H8/c1-25-20-33(53(24-25)35(54)23-46-40(57)58-5)37-48-32-11-7-27-21-26(6-9-31(27)36(32)49-37)30-10-8-28(22-34(30)59-42(43,44)45)47-39(56)52-18-16-50(17-19-52)29-12-14-51(15-13-29)38(55)41(2,3)4;1-3-2/h6-11,21-22,25,29,33H,12-20,23-24H2,1-5H3,(H,46,57)(H,47,56)(H,48,49);3H2,1-2H3. The van der Waals surface area contributed by atoms with Gasteiger partial charge in [0.15, 0.2) is 0 Å². The number of nitrogens with one attached hydrogen (secondary N) is 3. The number of alkyl carbamates (subject to hydrolysis) is 1. The Hall–Kier alpha value is -5.58. The summed E-state index contributed by atoms with van der Waals surface area (Å²) >= 11 is 0. The number of imidazole rings is 1. The monoisotopic (exact) mass is 864 g/mol. The first-order valence-electron chi connectivity index (χ1n) is 21.4. The van der Waals surface area contributed by atoms with E-state index in [4.69, 9.17) is 4.98 Å². The molecule has 1 aromatic heterocycles. The Morgan fingerprint density at radius 1 is 0.903 bits per heavy atom. The van der Waals surface area contributed by atoms with Crippen molar-refractivity contribution in [2.75, 3.05) is 64.8 Å². The summed E-state index contributed by atoms with van der Waals surface area (Å²) in [4.78, 5) is 66.5. The van der Waals surface area contributed by atoms with E-state index in [1.807, 2.05) is 44.7 Å². The molecule has 3 aliphatic heterocycles. The number of fused-ring (bicyclic) bond motifs is 3. The number of carbonyl (C=O) groups excluding carboxylic acids is 4. The van der Waals surface area contributed by atoms with Crippen molar-refractivity contribution >= 4 is 51.4 Å². The number of aromatic amines is 1. The molecule has 0 saturated carbocycles. The van der Waals surface area contributed by atoms with Crippen LogP contribution in [0.1, 0.15) is 79.1 Å².